The van der Waals surface area contributed by atoms with Crippen LogP contribution in [0.15, 0.2) is 18.2 Å². The van der Waals surface area contributed by atoms with Crippen molar-refractivity contribution in [2.24, 2.45) is 7.05 Å². The molecule has 1 aromatic carbocycles. The Bertz CT molecular complexity index is 561. The van der Waals surface area contributed by atoms with Crippen molar-refractivity contribution in [1.29, 1.82) is 0 Å². The maximum Gasteiger partial charge on any atom is 0.106 e. The van der Waals surface area contributed by atoms with E-state index in [0.717, 1.165) is 35.4 Å². The number of fused-ring (bicyclic) bond motifs is 1. The number of hydrogen-bond donors (Lipinski definition) is 2. The number of rotatable bonds is 1. The third kappa shape index (κ3) is 1.64. The van der Waals surface area contributed by atoms with Gasteiger partial charge in [-0.15, -0.1) is 0 Å². The van der Waals surface area contributed by atoms with E-state index in [0.29, 0.717) is 0 Å². The van der Waals surface area contributed by atoms with Crippen molar-refractivity contribution in [2.45, 2.75) is 25.5 Å². The second-order valence-electron chi connectivity index (χ2n) is 4.75. The molecule has 2 heterocycles. The Balaban J connectivity index is 2.07. The predicted molar refractivity (Wildman–Crippen MR) is 66.8 cm³/mol. The van der Waals surface area contributed by atoms with Crippen LogP contribution in [0.1, 0.15) is 23.9 Å². The first kappa shape index (κ1) is 10.7. The van der Waals surface area contributed by atoms with Gasteiger partial charge >= 0.3 is 0 Å². The SMILES string of the molecule is Cc1nc2cc(C3NCCC3O)ccc2n1C. The monoisotopic (exact) mass is 231 g/mol. The van der Waals surface area contributed by atoms with E-state index < -0.39 is 0 Å². The summed E-state index contributed by atoms with van der Waals surface area (Å²) in [5.41, 5.74) is 3.27. The van der Waals surface area contributed by atoms with Crippen LogP contribution in [0, 0.1) is 6.92 Å². The van der Waals surface area contributed by atoms with Crippen LogP contribution in [0.4, 0.5) is 0 Å². The summed E-state index contributed by atoms with van der Waals surface area (Å²) in [6.07, 6.45) is 0.543. The highest BCUT2D eigenvalue weighted by atomic mass is 16.3. The van der Waals surface area contributed by atoms with Crippen molar-refractivity contribution in [3.8, 4) is 0 Å². The second kappa shape index (κ2) is 3.82. The maximum absolute atomic E-state index is 9.89. The minimum atomic E-state index is -0.280. The van der Waals surface area contributed by atoms with Gasteiger partial charge in [-0.25, -0.2) is 4.98 Å². The van der Waals surface area contributed by atoms with Gasteiger partial charge in [0.15, 0.2) is 0 Å². The summed E-state index contributed by atoms with van der Waals surface area (Å²) in [5, 5.41) is 13.2. The molecule has 17 heavy (non-hydrogen) atoms. The van der Waals surface area contributed by atoms with Crippen molar-refractivity contribution in [1.82, 2.24) is 14.9 Å². The molecule has 1 aliphatic heterocycles. The molecule has 4 heteroatoms. The van der Waals surface area contributed by atoms with Gasteiger partial charge in [0.1, 0.15) is 5.82 Å². The lowest BCUT2D eigenvalue weighted by Crippen LogP contribution is -2.20. The third-order valence-electron chi connectivity index (χ3n) is 3.68. The van der Waals surface area contributed by atoms with Gasteiger partial charge in [-0.1, -0.05) is 6.07 Å². The first-order valence-electron chi connectivity index (χ1n) is 6.01. The predicted octanol–water partition coefficient (Wildman–Crippen LogP) is 1.28. The minimum Gasteiger partial charge on any atom is -0.391 e. The van der Waals surface area contributed by atoms with E-state index in [2.05, 4.69) is 33.1 Å². The van der Waals surface area contributed by atoms with Crippen LogP contribution in [0.3, 0.4) is 0 Å². The largest absolute Gasteiger partial charge is 0.391 e. The van der Waals surface area contributed by atoms with Crippen LogP contribution >= 0.6 is 0 Å². The van der Waals surface area contributed by atoms with Crippen LogP contribution in [-0.4, -0.2) is 27.3 Å². The van der Waals surface area contributed by atoms with Gasteiger partial charge in [0, 0.05) is 7.05 Å². The number of imidazole rings is 1. The Labute approximate surface area is 100 Å². The molecule has 0 amide bonds. The normalized spacial score (nSPS) is 24.6. The highest BCUT2D eigenvalue weighted by Crippen LogP contribution is 2.26. The highest BCUT2D eigenvalue weighted by Gasteiger charge is 2.26. The van der Waals surface area contributed by atoms with Crippen LogP contribution in [0.5, 0.6) is 0 Å². The van der Waals surface area contributed by atoms with Crippen molar-refractivity contribution >= 4 is 11.0 Å². The first-order valence-corrected chi connectivity index (χ1v) is 6.01. The summed E-state index contributed by atoms with van der Waals surface area (Å²) in [5.74, 6) is 1.01. The molecule has 90 valence electrons. The van der Waals surface area contributed by atoms with Crippen molar-refractivity contribution in [3.05, 3.63) is 29.6 Å². The molecule has 2 unspecified atom stereocenters. The van der Waals surface area contributed by atoms with Gasteiger partial charge in [0.25, 0.3) is 0 Å². The summed E-state index contributed by atoms with van der Waals surface area (Å²) in [4.78, 5) is 4.52. The van der Waals surface area contributed by atoms with Gasteiger partial charge in [0.2, 0.25) is 0 Å². The zero-order chi connectivity index (χ0) is 12.0. The smallest absolute Gasteiger partial charge is 0.106 e. The van der Waals surface area contributed by atoms with E-state index in [9.17, 15) is 5.11 Å². The Kier molecular flexibility index (Phi) is 2.42. The fourth-order valence-electron chi connectivity index (χ4n) is 2.56. The fraction of sp³-hybridized carbons (Fsp3) is 0.462. The van der Waals surface area contributed by atoms with Crippen LogP contribution < -0.4 is 5.32 Å². The molecule has 2 atom stereocenters. The molecule has 0 bridgehead atoms. The number of aromatic nitrogens is 2. The van der Waals surface area contributed by atoms with Gasteiger partial charge in [0.05, 0.1) is 23.2 Å². The second-order valence-corrected chi connectivity index (χ2v) is 4.75. The molecule has 1 fully saturated rings. The standard InChI is InChI=1S/C13H17N3O/c1-8-15-10-7-9(3-4-11(10)16(8)2)13-12(17)5-6-14-13/h3-4,7,12-14,17H,5-6H2,1-2H3. The molecular weight excluding hydrogens is 214 g/mol. The zero-order valence-electron chi connectivity index (χ0n) is 10.1. The number of nitrogens with one attached hydrogen (secondary N) is 1. The summed E-state index contributed by atoms with van der Waals surface area (Å²) in [7, 11) is 2.02. The molecule has 1 saturated heterocycles. The average Bonchev–Trinajstić information content (AvgIpc) is 2.84. The molecule has 1 aliphatic rings. The molecular formula is C13H17N3O. The molecule has 0 radical (unpaired) electrons. The van der Waals surface area contributed by atoms with Gasteiger partial charge in [-0.2, -0.15) is 0 Å². The molecule has 2 N–H and O–H groups in total. The minimum absolute atomic E-state index is 0.0571. The Morgan fingerprint density at radius 1 is 1.47 bits per heavy atom. The molecule has 3 rings (SSSR count). The van der Waals surface area contributed by atoms with Crippen molar-refractivity contribution in [2.75, 3.05) is 6.54 Å². The van der Waals surface area contributed by atoms with Crippen LogP contribution in [-0.2, 0) is 7.05 Å². The molecule has 4 nitrogen and oxygen atoms in total. The van der Waals surface area contributed by atoms with E-state index in [4.69, 9.17) is 0 Å². The quantitative estimate of drug-likeness (QED) is 0.777. The zero-order valence-corrected chi connectivity index (χ0v) is 10.1. The molecule has 0 aliphatic carbocycles. The van der Waals surface area contributed by atoms with E-state index >= 15 is 0 Å². The summed E-state index contributed by atoms with van der Waals surface area (Å²) in [6, 6.07) is 6.29. The summed E-state index contributed by atoms with van der Waals surface area (Å²) < 4.78 is 2.08. The number of aliphatic hydroxyl groups excluding tert-OH is 1. The average molecular weight is 231 g/mol. The molecule has 2 aromatic rings. The first-order chi connectivity index (χ1) is 8.16. The summed E-state index contributed by atoms with van der Waals surface area (Å²) in [6.45, 7) is 2.88. The summed E-state index contributed by atoms with van der Waals surface area (Å²) >= 11 is 0. The van der Waals surface area contributed by atoms with E-state index in [1.807, 2.05) is 14.0 Å². The number of aliphatic hydroxyl groups is 1. The van der Waals surface area contributed by atoms with E-state index in [1.165, 1.54) is 0 Å². The van der Waals surface area contributed by atoms with Crippen molar-refractivity contribution in [3.63, 3.8) is 0 Å². The van der Waals surface area contributed by atoms with Crippen LogP contribution in [0.25, 0.3) is 11.0 Å². The van der Waals surface area contributed by atoms with E-state index in [1.54, 1.807) is 0 Å². The van der Waals surface area contributed by atoms with Crippen molar-refractivity contribution < 1.29 is 5.11 Å². The fourth-order valence-corrected chi connectivity index (χ4v) is 2.56. The lowest BCUT2D eigenvalue weighted by Gasteiger charge is -2.15. The Morgan fingerprint density at radius 3 is 3.00 bits per heavy atom. The van der Waals surface area contributed by atoms with Gasteiger partial charge in [-0.05, 0) is 37.6 Å². The molecule has 0 saturated carbocycles. The molecule has 0 spiro atoms. The maximum atomic E-state index is 9.89. The number of benzene rings is 1. The third-order valence-corrected chi connectivity index (χ3v) is 3.68. The van der Waals surface area contributed by atoms with Crippen LogP contribution in [0.2, 0.25) is 0 Å². The topological polar surface area (TPSA) is 50.1 Å². The Hall–Kier alpha value is -1.39. The lowest BCUT2D eigenvalue weighted by molar-refractivity contribution is 0.160. The van der Waals surface area contributed by atoms with Gasteiger partial charge < -0.3 is 15.0 Å². The lowest BCUT2D eigenvalue weighted by atomic mass is 10.0. The molecule has 1 aromatic heterocycles. The highest BCUT2D eigenvalue weighted by molar-refractivity contribution is 5.77. The number of hydrogen-bond acceptors (Lipinski definition) is 3. The number of aryl methyl sites for hydroxylation is 2. The van der Waals surface area contributed by atoms with E-state index in [-0.39, 0.29) is 12.1 Å². The van der Waals surface area contributed by atoms with Gasteiger partial charge in [-0.3, -0.25) is 0 Å². The Morgan fingerprint density at radius 2 is 2.29 bits per heavy atom. The number of nitrogens with zero attached hydrogens (tertiary/aromatic N) is 2.